The molecule has 1 fully saturated rings. The Morgan fingerprint density at radius 1 is 1.28 bits per heavy atom. The summed E-state index contributed by atoms with van der Waals surface area (Å²) in [7, 11) is -3.09. The van der Waals surface area contributed by atoms with Crippen molar-refractivity contribution in [2.75, 3.05) is 11.5 Å². The highest BCUT2D eigenvalue weighted by molar-refractivity contribution is 7.91. The number of cyclic esters (lactones) is 1. The van der Waals surface area contributed by atoms with E-state index in [4.69, 9.17) is 39.5 Å². The summed E-state index contributed by atoms with van der Waals surface area (Å²) in [4.78, 5) is 16.5. The number of aliphatic imine (C=N–C) groups is 1. The van der Waals surface area contributed by atoms with Crippen LogP contribution in [0.15, 0.2) is 28.9 Å². The zero-order chi connectivity index (χ0) is 20.9. The van der Waals surface area contributed by atoms with Gasteiger partial charge in [0.2, 0.25) is 5.90 Å². The molecule has 0 spiro atoms. The standard InChI is InChI=1S/C18H14Cl3N3O4S/c1-9-13(16(21)24(23-9)11-4-5-29(26,27)8-11)7-15-18(25)28-17(22-15)12-3-2-10(19)6-14(12)20/h2-3,6-7,11H,4-5,8H2,1H3/b15-7+/t11-/m0/s1. The van der Waals surface area contributed by atoms with Gasteiger partial charge in [-0.05, 0) is 37.6 Å². The van der Waals surface area contributed by atoms with Crippen LogP contribution < -0.4 is 0 Å². The molecule has 4 rings (SSSR count). The van der Waals surface area contributed by atoms with Gasteiger partial charge in [-0.3, -0.25) is 0 Å². The fraction of sp³-hybridized carbons (Fsp3) is 0.278. The number of hydrogen-bond acceptors (Lipinski definition) is 6. The van der Waals surface area contributed by atoms with Gasteiger partial charge in [0.1, 0.15) is 5.15 Å². The smallest absolute Gasteiger partial charge is 0.363 e. The summed E-state index contributed by atoms with van der Waals surface area (Å²) in [6, 6.07) is 4.41. The lowest BCUT2D eigenvalue weighted by atomic mass is 10.2. The molecule has 0 aliphatic carbocycles. The van der Waals surface area contributed by atoms with Crippen molar-refractivity contribution in [2.45, 2.75) is 19.4 Å². The van der Waals surface area contributed by atoms with Crippen molar-refractivity contribution < 1.29 is 17.9 Å². The van der Waals surface area contributed by atoms with Crippen LogP contribution in [0.4, 0.5) is 0 Å². The highest BCUT2D eigenvalue weighted by Gasteiger charge is 2.32. The molecule has 3 heterocycles. The minimum atomic E-state index is -3.09. The van der Waals surface area contributed by atoms with Crippen molar-refractivity contribution in [1.29, 1.82) is 0 Å². The zero-order valence-corrected chi connectivity index (χ0v) is 18.1. The van der Waals surface area contributed by atoms with Crippen molar-refractivity contribution in [3.05, 3.63) is 55.9 Å². The molecule has 1 saturated heterocycles. The largest absolute Gasteiger partial charge is 0.402 e. The maximum atomic E-state index is 12.3. The van der Waals surface area contributed by atoms with Gasteiger partial charge in [0.25, 0.3) is 0 Å². The predicted molar refractivity (Wildman–Crippen MR) is 111 cm³/mol. The lowest BCUT2D eigenvalue weighted by molar-refractivity contribution is -0.129. The molecule has 7 nitrogen and oxygen atoms in total. The summed E-state index contributed by atoms with van der Waals surface area (Å²) >= 11 is 18.5. The van der Waals surface area contributed by atoms with E-state index in [0.717, 1.165) is 0 Å². The number of carbonyl (C=O) groups excluding carboxylic acids is 1. The van der Waals surface area contributed by atoms with Gasteiger partial charge in [-0.1, -0.05) is 34.8 Å². The van der Waals surface area contributed by atoms with Crippen molar-refractivity contribution in [3.63, 3.8) is 0 Å². The first-order valence-corrected chi connectivity index (χ1v) is 11.5. The molecule has 0 unspecified atom stereocenters. The lowest BCUT2D eigenvalue weighted by Crippen LogP contribution is -2.12. The normalized spacial score (nSPS) is 22.2. The zero-order valence-electron chi connectivity index (χ0n) is 15.0. The van der Waals surface area contributed by atoms with E-state index in [1.165, 1.54) is 16.8 Å². The van der Waals surface area contributed by atoms with Gasteiger partial charge in [0.15, 0.2) is 15.5 Å². The van der Waals surface area contributed by atoms with Crippen LogP contribution in [-0.4, -0.2) is 41.6 Å². The third-order valence-electron chi connectivity index (χ3n) is 4.69. The van der Waals surface area contributed by atoms with Crippen LogP contribution in [0, 0.1) is 6.92 Å². The second kappa shape index (κ2) is 7.43. The highest BCUT2D eigenvalue weighted by Crippen LogP contribution is 2.32. The Kier molecular flexibility index (Phi) is 5.23. The second-order valence-electron chi connectivity index (χ2n) is 6.75. The van der Waals surface area contributed by atoms with Gasteiger partial charge in [-0.2, -0.15) is 5.10 Å². The third kappa shape index (κ3) is 3.94. The summed E-state index contributed by atoms with van der Waals surface area (Å²) in [5.74, 6) is -0.502. The molecular formula is C18H14Cl3N3O4S. The van der Waals surface area contributed by atoms with Crippen LogP contribution in [0.5, 0.6) is 0 Å². The van der Waals surface area contributed by atoms with Crippen LogP contribution in [0.1, 0.15) is 29.3 Å². The van der Waals surface area contributed by atoms with Gasteiger partial charge in [-0.25, -0.2) is 22.9 Å². The molecule has 2 aliphatic rings. The number of hydrogen-bond donors (Lipinski definition) is 0. The molecule has 0 saturated carbocycles. The number of benzene rings is 1. The van der Waals surface area contributed by atoms with Crippen LogP contribution in [0.25, 0.3) is 6.08 Å². The highest BCUT2D eigenvalue weighted by atomic mass is 35.5. The van der Waals surface area contributed by atoms with Crippen molar-refractivity contribution in [1.82, 2.24) is 9.78 Å². The summed E-state index contributed by atoms with van der Waals surface area (Å²) in [5, 5.41) is 5.36. The summed E-state index contributed by atoms with van der Waals surface area (Å²) in [6.45, 7) is 1.72. The molecule has 29 heavy (non-hydrogen) atoms. The Bertz CT molecular complexity index is 1200. The minimum absolute atomic E-state index is 0.0107. The summed E-state index contributed by atoms with van der Waals surface area (Å²) < 4.78 is 30.3. The van der Waals surface area contributed by atoms with E-state index in [0.29, 0.717) is 33.3 Å². The van der Waals surface area contributed by atoms with E-state index in [1.54, 1.807) is 19.1 Å². The van der Waals surface area contributed by atoms with E-state index in [-0.39, 0.29) is 34.3 Å². The van der Waals surface area contributed by atoms with Gasteiger partial charge < -0.3 is 4.74 Å². The number of sulfone groups is 1. The maximum absolute atomic E-state index is 12.3. The fourth-order valence-electron chi connectivity index (χ4n) is 3.23. The van der Waals surface area contributed by atoms with Crippen molar-refractivity contribution in [2.24, 2.45) is 4.99 Å². The lowest BCUT2D eigenvalue weighted by Gasteiger charge is -2.09. The first-order chi connectivity index (χ1) is 13.6. The Labute approximate surface area is 181 Å². The van der Waals surface area contributed by atoms with Crippen molar-refractivity contribution >= 4 is 62.6 Å². The van der Waals surface area contributed by atoms with Gasteiger partial charge in [0.05, 0.1) is 33.8 Å². The molecular weight excluding hydrogens is 461 g/mol. The number of nitrogens with zero attached hydrogens (tertiary/aromatic N) is 3. The Balaban J connectivity index is 1.69. The number of aryl methyl sites for hydroxylation is 1. The van der Waals surface area contributed by atoms with E-state index in [2.05, 4.69) is 10.1 Å². The average molecular weight is 475 g/mol. The molecule has 0 bridgehead atoms. The Hall–Kier alpha value is -1.87. The van der Waals surface area contributed by atoms with Crippen molar-refractivity contribution in [3.8, 4) is 0 Å². The number of ether oxygens (including phenoxy) is 1. The average Bonchev–Trinajstić information content (AvgIpc) is 3.26. The van der Waals surface area contributed by atoms with E-state index < -0.39 is 15.8 Å². The Morgan fingerprint density at radius 3 is 2.69 bits per heavy atom. The van der Waals surface area contributed by atoms with Gasteiger partial charge in [-0.15, -0.1) is 0 Å². The molecule has 1 aromatic carbocycles. The number of halogens is 3. The fourth-order valence-corrected chi connectivity index (χ4v) is 5.78. The predicted octanol–water partition coefficient (Wildman–Crippen LogP) is 3.86. The van der Waals surface area contributed by atoms with Crippen LogP contribution in [-0.2, 0) is 19.4 Å². The first-order valence-electron chi connectivity index (χ1n) is 8.57. The molecule has 152 valence electrons. The Morgan fingerprint density at radius 2 is 2.03 bits per heavy atom. The first kappa shape index (κ1) is 20.4. The second-order valence-corrected chi connectivity index (χ2v) is 10.2. The molecule has 0 amide bonds. The van der Waals surface area contributed by atoms with Gasteiger partial charge in [0, 0.05) is 10.6 Å². The molecule has 2 aromatic rings. The molecule has 1 atom stereocenters. The number of aromatic nitrogens is 2. The topological polar surface area (TPSA) is 90.6 Å². The molecule has 2 aliphatic heterocycles. The van der Waals surface area contributed by atoms with Gasteiger partial charge >= 0.3 is 5.97 Å². The quantitative estimate of drug-likeness (QED) is 0.498. The van der Waals surface area contributed by atoms with Crippen LogP contribution in [0.2, 0.25) is 15.2 Å². The molecule has 0 N–H and O–H groups in total. The van der Waals surface area contributed by atoms with E-state index >= 15 is 0 Å². The van der Waals surface area contributed by atoms with E-state index in [1.807, 2.05) is 0 Å². The van der Waals surface area contributed by atoms with Crippen LogP contribution in [0.3, 0.4) is 0 Å². The number of rotatable bonds is 3. The summed E-state index contributed by atoms with van der Waals surface area (Å²) in [6.07, 6.45) is 1.92. The van der Waals surface area contributed by atoms with Crippen LogP contribution >= 0.6 is 34.8 Å². The third-order valence-corrected chi connectivity index (χ3v) is 7.36. The number of carbonyl (C=O) groups is 1. The maximum Gasteiger partial charge on any atom is 0.363 e. The molecule has 0 radical (unpaired) electrons. The monoisotopic (exact) mass is 473 g/mol. The SMILES string of the molecule is Cc1nn([C@H]2CCS(=O)(=O)C2)c(Cl)c1/C=C1/N=C(c2ccc(Cl)cc2Cl)OC1=O. The summed E-state index contributed by atoms with van der Waals surface area (Å²) in [5.41, 5.74) is 1.50. The molecule has 11 heteroatoms. The minimum Gasteiger partial charge on any atom is -0.402 e. The molecule has 1 aromatic heterocycles. The van der Waals surface area contributed by atoms with E-state index in [9.17, 15) is 13.2 Å². The number of esters is 1.